The summed E-state index contributed by atoms with van der Waals surface area (Å²) < 4.78 is 0. The number of nitrogens with two attached hydrogens (primary N) is 1. The summed E-state index contributed by atoms with van der Waals surface area (Å²) in [6.07, 6.45) is 0.849. The fraction of sp³-hybridized carbons (Fsp3) is 0.235. The molecule has 4 heteroatoms. The zero-order valence-corrected chi connectivity index (χ0v) is 12.8. The van der Waals surface area contributed by atoms with E-state index in [-0.39, 0.29) is 5.91 Å². The summed E-state index contributed by atoms with van der Waals surface area (Å²) in [7, 11) is 0. The summed E-state index contributed by atoms with van der Waals surface area (Å²) in [5.41, 5.74) is 8.11. The van der Waals surface area contributed by atoms with E-state index in [0.29, 0.717) is 13.1 Å². The van der Waals surface area contributed by atoms with Crippen molar-refractivity contribution in [3.05, 3.63) is 57.3 Å². The summed E-state index contributed by atoms with van der Waals surface area (Å²) in [6, 6.07) is 9.68. The van der Waals surface area contributed by atoms with Crippen LogP contribution >= 0.6 is 11.3 Å². The second-order valence-corrected chi connectivity index (χ2v) is 5.50. The normalized spacial score (nSPS) is 9.81. The lowest BCUT2D eigenvalue weighted by Crippen LogP contribution is -2.23. The predicted octanol–water partition coefficient (Wildman–Crippen LogP) is 2.55. The molecule has 0 fully saturated rings. The topological polar surface area (TPSA) is 55.1 Å². The van der Waals surface area contributed by atoms with Crippen LogP contribution in [0.3, 0.4) is 0 Å². The van der Waals surface area contributed by atoms with E-state index in [1.165, 1.54) is 0 Å². The Kier molecular flexibility index (Phi) is 5.56. The van der Waals surface area contributed by atoms with Gasteiger partial charge in [-0.3, -0.25) is 4.79 Å². The third kappa shape index (κ3) is 4.19. The highest BCUT2D eigenvalue weighted by Crippen LogP contribution is 2.14. The SMILES string of the molecule is CCc1ccccc1C(=O)NCc1cc(C#CCN)cs1. The van der Waals surface area contributed by atoms with Gasteiger partial charge in [-0.1, -0.05) is 37.0 Å². The fourth-order valence-electron chi connectivity index (χ4n) is 2.00. The van der Waals surface area contributed by atoms with Crippen LogP contribution in [-0.2, 0) is 13.0 Å². The van der Waals surface area contributed by atoms with Gasteiger partial charge in [0.15, 0.2) is 0 Å². The lowest BCUT2D eigenvalue weighted by Gasteiger charge is -2.07. The molecule has 108 valence electrons. The monoisotopic (exact) mass is 298 g/mol. The van der Waals surface area contributed by atoms with Crippen LogP contribution in [0, 0.1) is 11.8 Å². The van der Waals surface area contributed by atoms with Gasteiger partial charge in [0.25, 0.3) is 5.91 Å². The van der Waals surface area contributed by atoms with Crippen molar-refractivity contribution in [1.82, 2.24) is 5.32 Å². The third-order valence-electron chi connectivity index (χ3n) is 3.05. The second-order valence-electron chi connectivity index (χ2n) is 4.50. The second kappa shape index (κ2) is 7.63. The molecule has 0 bridgehead atoms. The molecule has 3 N–H and O–H groups in total. The molecule has 3 nitrogen and oxygen atoms in total. The first-order chi connectivity index (χ1) is 10.2. The van der Waals surface area contributed by atoms with E-state index in [1.54, 1.807) is 11.3 Å². The van der Waals surface area contributed by atoms with Crippen LogP contribution in [0.1, 0.15) is 33.3 Å². The van der Waals surface area contributed by atoms with Gasteiger partial charge >= 0.3 is 0 Å². The predicted molar refractivity (Wildman–Crippen MR) is 87.2 cm³/mol. The highest BCUT2D eigenvalue weighted by molar-refractivity contribution is 7.10. The molecular formula is C17H18N2OS. The largest absolute Gasteiger partial charge is 0.347 e. The van der Waals surface area contributed by atoms with Crippen molar-refractivity contribution in [3.8, 4) is 11.8 Å². The van der Waals surface area contributed by atoms with E-state index in [1.807, 2.05) is 42.6 Å². The first-order valence-corrected chi connectivity index (χ1v) is 7.75. The quantitative estimate of drug-likeness (QED) is 0.852. The minimum Gasteiger partial charge on any atom is -0.347 e. The number of nitrogens with one attached hydrogen (secondary N) is 1. The maximum atomic E-state index is 12.2. The van der Waals surface area contributed by atoms with Crippen molar-refractivity contribution < 1.29 is 4.79 Å². The lowest BCUT2D eigenvalue weighted by molar-refractivity contribution is 0.0950. The molecule has 1 amide bonds. The van der Waals surface area contributed by atoms with Crippen molar-refractivity contribution in [2.75, 3.05) is 6.54 Å². The van der Waals surface area contributed by atoms with E-state index in [2.05, 4.69) is 17.2 Å². The summed E-state index contributed by atoms with van der Waals surface area (Å²) in [4.78, 5) is 13.3. The molecule has 0 saturated heterocycles. The first-order valence-electron chi connectivity index (χ1n) is 6.87. The number of hydrogen-bond acceptors (Lipinski definition) is 3. The number of carbonyl (C=O) groups excluding carboxylic acids is 1. The minimum atomic E-state index is -0.0320. The fourth-order valence-corrected chi connectivity index (χ4v) is 2.76. The van der Waals surface area contributed by atoms with Crippen LogP contribution in [-0.4, -0.2) is 12.5 Å². The Morgan fingerprint density at radius 2 is 2.19 bits per heavy atom. The van der Waals surface area contributed by atoms with Crippen LogP contribution in [0.15, 0.2) is 35.7 Å². The number of thiophene rings is 1. The van der Waals surface area contributed by atoms with E-state index in [4.69, 9.17) is 5.73 Å². The van der Waals surface area contributed by atoms with Gasteiger partial charge in [0.05, 0.1) is 13.1 Å². The van der Waals surface area contributed by atoms with Gasteiger partial charge in [0.2, 0.25) is 0 Å². The molecule has 0 atom stereocenters. The standard InChI is InChI=1S/C17H18N2OS/c1-2-14-7-3-4-8-16(14)17(20)19-11-15-10-13(12-21-15)6-5-9-18/h3-4,7-8,10,12H,2,9,11,18H2,1H3,(H,19,20). The maximum Gasteiger partial charge on any atom is 0.251 e. The van der Waals surface area contributed by atoms with E-state index in [9.17, 15) is 4.79 Å². The number of rotatable bonds is 4. The zero-order valence-electron chi connectivity index (χ0n) is 12.0. The van der Waals surface area contributed by atoms with Crippen molar-refractivity contribution in [2.45, 2.75) is 19.9 Å². The summed E-state index contributed by atoms with van der Waals surface area (Å²) in [5, 5.41) is 4.93. The molecule has 2 rings (SSSR count). The van der Waals surface area contributed by atoms with Gasteiger partial charge in [-0.15, -0.1) is 11.3 Å². The molecule has 0 saturated carbocycles. The van der Waals surface area contributed by atoms with Crippen LogP contribution in [0.4, 0.5) is 0 Å². The Hall–Kier alpha value is -2.09. The number of aryl methyl sites for hydroxylation is 1. The Balaban J connectivity index is 1.99. The summed E-state index contributed by atoms with van der Waals surface area (Å²) >= 11 is 1.59. The Morgan fingerprint density at radius 3 is 2.95 bits per heavy atom. The summed E-state index contributed by atoms with van der Waals surface area (Å²) in [6.45, 7) is 2.93. The van der Waals surface area contributed by atoms with E-state index >= 15 is 0 Å². The van der Waals surface area contributed by atoms with Crippen LogP contribution in [0.2, 0.25) is 0 Å². The van der Waals surface area contributed by atoms with Crippen molar-refractivity contribution in [1.29, 1.82) is 0 Å². The molecule has 0 aliphatic heterocycles. The van der Waals surface area contributed by atoms with Crippen molar-refractivity contribution in [3.63, 3.8) is 0 Å². The van der Waals surface area contributed by atoms with E-state index < -0.39 is 0 Å². The van der Waals surface area contributed by atoms with Crippen LogP contribution < -0.4 is 11.1 Å². The molecule has 0 unspecified atom stereocenters. The molecule has 0 aliphatic carbocycles. The van der Waals surface area contributed by atoms with Gasteiger partial charge in [0, 0.05) is 21.4 Å². The van der Waals surface area contributed by atoms with Gasteiger partial charge in [0.1, 0.15) is 0 Å². The molecule has 0 aliphatic rings. The van der Waals surface area contributed by atoms with Crippen LogP contribution in [0.5, 0.6) is 0 Å². The highest BCUT2D eigenvalue weighted by Gasteiger charge is 2.09. The number of amides is 1. The minimum absolute atomic E-state index is 0.0320. The molecule has 0 spiro atoms. The highest BCUT2D eigenvalue weighted by atomic mass is 32.1. The van der Waals surface area contributed by atoms with E-state index in [0.717, 1.165) is 28.0 Å². The zero-order chi connectivity index (χ0) is 15.1. The number of carbonyl (C=O) groups is 1. The first kappa shape index (κ1) is 15.3. The Bertz CT molecular complexity index is 679. The molecule has 0 radical (unpaired) electrons. The van der Waals surface area contributed by atoms with Gasteiger partial charge in [-0.25, -0.2) is 0 Å². The van der Waals surface area contributed by atoms with Crippen LogP contribution in [0.25, 0.3) is 0 Å². The van der Waals surface area contributed by atoms with Crippen molar-refractivity contribution in [2.24, 2.45) is 5.73 Å². The van der Waals surface area contributed by atoms with Crippen molar-refractivity contribution >= 4 is 17.2 Å². The number of benzene rings is 1. The molecule has 1 aromatic carbocycles. The van der Waals surface area contributed by atoms with Gasteiger partial charge in [-0.2, -0.15) is 0 Å². The molecular weight excluding hydrogens is 280 g/mol. The van der Waals surface area contributed by atoms with Gasteiger partial charge in [-0.05, 0) is 24.1 Å². The van der Waals surface area contributed by atoms with Gasteiger partial charge < -0.3 is 11.1 Å². The smallest absolute Gasteiger partial charge is 0.251 e. The lowest BCUT2D eigenvalue weighted by atomic mass is 10.0. The average Bonchev–Trinajstić information content (AvgIpc) is 2.98. The third-order valence-corrected chi connectivity index (χ3v) is 3.99. The molecule has 2 aromatic rings. The maximum absolute atomic E-state index is 12.2. The number of hydrogen-bond donors (Lipinski definition) is 2. The molecule has 1 heterocycles. The summed E-state index contributed by atoms with van der Waals surface area (Å²) in [5.74, 6) is 5.77. The molecule has 1 aromatic heterocycles. The Morgan fingerprint density at radius 1 is 1.38 bits per heavy atom. The molecule has 21 heavy (non-hydrogen) atoms. The average molecular weight is 298 g/mol. The Labute approximate surface area is 129 Å².